The lowest BCUT2D eigenvalue weighted by molar-refractivity contribution is 0.413. The Morgan fingerprint density at radius 3 is 1.31 bits per heavy atom. The molecule has 1 unspecified atom stereocenters. The van der Waals surface area contributed by atoms with Crippen molar-refractivity contribution in [3.05, 3.63) is 161 Å². The summed E-state index contributed by atoms with van der Waals surface area (Å²) in [6, 6.07) is 49.9. The first-order valence-electron chi connectivity index (χ1n) is 22.0. The van der Waals surface area contributed by atoms with E-state index in [1.54, 1.807) is 0 Å². The summed E-state index contributed by atoms with van der Waals surface area (Å²) < 4.78 is 13.4. The van der Waals surface area contributed by atoms with Crippen molar-refractivity contribution in [2.24, 2.45) is 0 Å². The molecule has 0 radical (unpaired) electrons. The number of fused-ring (bicyclic) bond motifs is 2. The predicted octanol–water partition coefficient (Wildman–Crippen LogP) is 16.1. The van der Waals surface area contributed by atoms with Gasteiger partial charge in [0.2, 0.25) is 0 Å². The Hall–Kier alpha value is -5.69. The molecule has 3 heteroatoms. The maximum atomic E-state index is 6.71. The van der Waals surface area contributed by atoms with Gasteiger partial charge in [0, 0.05) is 22.3 Å². The minimum absolute atomic E-state index is 0.103. The molecule has 0 saturated carbocycles. The van der Waals surface area contributed by atoms with E-state index in [0.717, 1.165) is 61.7 Å². The minimum atomic E-state index is 0.103. The molecule has 0 aliphatic carbocycles. The van der Waals surface area contributed by atoms with E-state index in [4.69, 9.17) is 9.47 Å². The molecule has 1 atom stereocenters. The zero-order valence-electron chi connectivity index (χ0n) is 38.7. The third-order valence-corrected chi connectivity index (χ3v) is 13.7. The third-order valence-electron chi connectivity index (χ3n) is 12.8. The fraction of sp³-hybridized carbons (Fsp3) is 0.254. The Morgan fingerprint density at radius 1 is 0.468 bits per heavy atom. The fourth-order valence-corrected chi connectivity index (χ4v) is 10.4. The summed E-state index contributed by atoms with van der Waals surface area (Å²) in [6.07, 6.45) is 0.883. The number of hydrogen-bond acceptors (Lipinski definition) is 2. The van der Waals surface area contributed by atoms with Gasteiger partial charge in [-0.05, 0) is 144 Å². The molecular weight excluding hydrogens is 772 g/mol. The quantitative estimate of drug-likeness (QED) is 0.135. The molecule has 0 bridgehead atoms. The normalized spacial score (nSPS) is 12.2. The standard InChI is InChI=1S/C59H61O2P/c1-13-38-32-43(39-22-26-45(27-23-39)58(4,5)6)30-36(2)52(38)49-33-41-18-14-16-20-47(41)54(56(49)60-10)55-48-21-17-15-19-42(48)34-50(57(55)61-11)53-37(3)31-44(35-51(53)62-12)40-24-28-46(29-25-40)59(7,8)9/h14-35,62H,13H2,1-12H3. The average molecular weight is 833 g/mol. The summed E-state index contributed by atoms with van der Waals surface area (Å²) in [5.41, 5.74) is 18.3. The highest BCUT2D eigenvalue weighted by Crippen LogP contribution is 2.53. The van der Waals surface area contributed by atoms with Crippen LogP contribution in [0.4, 0.5) is 0 Å². The Morgan fingerprint density at radius 2 is 0.887 bits per heavy atom. The van der Waals surface area contributed by atoms with Crippen molar-refractivity contribution >= 4 is 35.4 Å². The van der Waals surface area contributed by atoms with Gasteiger partial charge in [-0.25, -0.2) is 0 Å². The largest absolute Gasteiger partial charge is 0.495 e. The topological polar surface area (TPSA) is 18.5 Å². The van der Waals surface area contributed by atoms with E-state index in [1.165, 1.54) is 66.5 Å². The molecule has 0 aromatic heterocycles. The van der Waals surface area contributed by atoms with Crippen molar-refractivity contribution in [3.63, 3.8) is 0 Å². The van der Waals surface area contributed by atoms with Gasteiger partial charge in [0.25, 0.3) is 0 Å². The van der Waals surface area contributed by atoms with E-state index in [0.29, 0.717) is 8.58 Å². The molecule has 0 amide bonds. The first kappa shape index (κ1) is 43.0. The highest BCUT2D eigenvalue weighted by Gasteiger charge is 2.28. The van der Waals surface area contributed by atoms with E-state index in [9.17, 15) is 0 Å². The summed E-state index contributed by atoms with van der Waals surface area (Å²) in [4.78, 5) is 0. The monoisotopic (exact) mass is 832 g/mol. The van der Waals surface area contributed by atoms with Crippen LogP contribution in [-0.2, 0) is 17.3 Å². The van der Waals surface area contributed by atoms with Crippen molar-refractivity contribution < 1.29 is 9.47 Å². The van der Waals surface area contributed by atoms with Crippen molar-refractivity contribution in [2.45, 2.75) is 79.6 Å². The maximum Gasteiger partial charge on any atom is 0.135 e. The number of rotatable bonds is 9. The summed E-state index contributed by atoms with van der Waals surface area (Å²) in [5, 5.41) is 5.90. The Labute approximate surface area is 372 Å². The number of aryl methyl sites for hydroxylation is 3. The molecule has 0 spiro atoms. The predicted molar refractivity (Wildman–Crippen MR) is 272 cm³/mol. The van der Waals surface area contributed by atoms with Crippen LogP contribution < -0.4 is 14.8 Å². The summed E-state index contributed by atoms with van der Waals surface area (Å²) >= 11 is 0. The highest BCUT2D eigenvalue weighted by molar-refractivity contribution is 7.46. The molecule has 0 fully saturated rings. The SMILES string of the molecule is CCc1cc(-c2ccc(C(C)(C)C)cc2)cc(C)c1-c1cc2ccccc2c(-c2c(OC)c(-c3c(C)cc(-c4ccc(C(C)(C)C)cc4)cc3PC)cc3ccccc23)c1OC. The molecule has 0 N–H and O–H groups in total. The zero-order chi connectivity index (χ0) is 44.1. The summed E-state index contributed by atoms with van der Waals surface area (Å²) in [5.74, 6) is 1.71. The molecule has 8 aromatic rings. The molecule has 314 valence electrons. The Kier molecular flexibility index (Phi) is 11.7. The zero-order valence-corrected chi connectivity index (χ0v) is 39.7. The van der Waals surface area contributed by atoms with Gasteiger partial charge >= 0.3 is 0 Å². The first-order chi connectivity index (χ1) is 29.7. The van der Waals surface area contributed by atoms with Gasteiger partial charge in [0.1, 0.15) is 11.5 Å². The molecule has 62 heavy (non-hydrogen) atoms. The van der Waals surface area contributed by atoms with Gasteiger partial charge in [-0.3, -0.25) is 0 Å². The Balaban J connectivity index is 1.38. The first-order valence-corrected chi connectivity index (χ1v) is 23.5. The molecule has 2 nitrogen and oxygen atoms in total. The number of ether oxygens (including phenoxy) is 2. The van der Waals surface area contributed by atoms with Gasteiger partial charge in [-0.2, -0.15) is 0 Å². The van der Waals surface area contributed by atoms with Crippen LogP contribution in [0.5, 0.6) is 11.5 Å². The summed E-state index contributed by atoms with van der Waals surface area (Å²) in [6.45, 7) is 22.7. The van der Waals surface area contributed by atoms with E-state index >= 15 is 0 Å². The van der Waals surface area contributed by atoms with Gasteiger partial charge in [-0.15, -0.1) is 0 Å². The van der Waals surface area contributed by atoms with Crippen LogP contribution in [0, 0.1) is 13.8 Å². The number of benzene rings is 8. The third kappa shape index (κ3) is 7.84. The average Bonchev–Trinajstić information content (AvgIpc) is 3.26. The van der Waals surface area contributed by atoms with E-state index in [1.807, 2.05) is 14.2 Å². The van der Waals surface area contributed by atoms with Crippen LogP contribution >= 0.6 is 8.58 Å². The Bertz CT molecular complexity index is 2750. The van der Waals surface area contributed by atoms with Gasteiger partial charge in [0.05, 0.1) is 14.2 Å². The second-order valence-electron chi connectivity index (χ2n) is 18.9. The van der Waals surface area contributed by atoms with E-state index in [-0.39, 0.29) is 10.8 Å². The highest BCUT2D eigenvalue weighted by atomic mass is 31.1. The number of methoxy groups -OCH3 is 2. The lowest BCUT2D eigenvalue weighted by atomic mass is 9.83. The maximum absolute atomic E-state index is 6.71. The minimum Gasteiger partial charge on any atom is -0.495 e. The molecule has 0 aliphatic heterocycles. The van der Waals surface area contributed by atoms with Gasteiger partial charge in [-0.1, -0.05) is 172 Å². The van der Waals surface area contributed by atoms with Crippen LogP contribution in [0.1, 0.15) is 76.3 Å². The second-order valence-corrected chi connectivity index (χ2v) is 19.9. The lowest BCUT2D eigenvalue weighted by Gasteiger charge is -2.25. The van der Waals surface area contributed by atoms with Crippen LogP contribution in [-0.4, -0.2) is 20.9 Å². The van der Waals surface area contributed by atoms with E-state index < -0.39 is 0 Å². The van der Waals surface area contributed by atoms with Gasteiger partial charge < -0.3 is 9.47 Å². The van der Waals surface area contributed by atoms with Crippen molar-refractivity contribution in [2.75, 3.05) is 20.9 Å². The smallest absolute Gasteiger partial charge is 0.135 e. The van der Waals surface area contributed by atoms with Crippen LogP contribution in [0.2, 0.25) is 0 Å². The second kappa shape index (κ2) is 16.9. The van der Waals surface area contributed by atoms with Crippen molar-refractivity contribution in [1.29, 1.82) is 0 Å². The molecule has 8 aromatic carbocycles. The molecular formula is C59H61O2P. The van der Waals surface area contributed by atoms with Crippen molar-refractivity contribution in [1.82, 2.24) is 0 Å². The van der Waals surface area contributed by atoms with Crippen molar-refractivity contribution in [3.8, 4) is 67.1 Å². The van der Waals surface area contributed by atoms with Crippen LogP contribution in [0.25, 0.3) is 77.2 Å². The molecule has 0 saturated heterocycles. The molecule has 8 rings (SSSR count). The van der Waals surface area contributed by atoms with Crippen LogP contribution in [0.3, 0.4) is 0 Å². The lowest BCUT2D eigenvalue weighted by Crippen LogP contribution is -2.10. The molecule has 0 aliphatic rings. The van der Waals surface area contributed by atoms with E-state index in [2.05, 4.69) is 202 Å². The molecule has 0 heterocycles. The van der Waals surface area contributed by atoms with Gasteiger partial charge in [0.15, 0.2) is 0 Å². The number of hydrogen-bond donors (Lipinski definition) is 0. The van der Waals surface area contributed by atoms with Crippen LogP contribution in [0.15, 0.2) is 133 Å². The fourth-order valence-electron chi connectivity index (χ4n) is 9.47. The summed E-state index contributed by atoms with van der Waals surface area (Å²) in [7, 11) is 4.24.